The zero-order valence-corrected chi connectivity index (χ0v) is 16.0. The quantitative estimate of drug-likeness (QED) is 0.837. The lowest BCUT2D eigenvalue weighted by Crippen LogP contribution is -2.76. The highest BCUT2D eigenvalue weighted by Gasteiger charge is 2.63. The van der Waals surface area contributed by atoms with E-state index in [-0.39, 0.29) is 42.0 Å². The molecule has 5 nitrogen and oxygen atoms in total. The van der Waals surface area contributed by atoms with E-state index >= 15 is 0 Å². The fourth-order valence-electron chi connectivity index (χ4n) is 3.83. The molecule has 140 valence electrons. The van der Waals surface area contributed by atoms with Crippen molar-refractivity contribution in [3.05, 3.63) is 35.9 Å². The van der Waals surface area contributed by atoms with E-state index in [2.05, 4.69) is 5.32 Å². The van der Waals surface area contributed by atoms with Crippen molar-refractivity contribution in [1.82, 2.24) is 5.32 Å². The van der Waals surface area contributed by atoms with Gasteiger partial charge < -0.3 is 20.5 Å². The topological polar surface area (TPSA) is 73.6 Å². The maximum absolute atomic E-state index is 12.9. The standard InChI is InChI=1S/C19H28N2O3.ClH/c1-4-23-15-12-19(20,18(15,2)3)17(22)21-14-10-11-24-16(14)13-8-6-5-7-9-13;/h5-9,14-16H,4,10-12,20H2,1-3H3,(H,21,22);1H. The first-order valence-electron chi connectivity index (χ1n) is 8.78. The summed E-state index contributed by atoms with van der Waals surface area (Å²) in [7, 11) is 0. The van der Waals surface area contributed by atoms with Crippen LogP contribution in [0.5, 0.6) is 0 Å². The van der Waals surface area contributed by atoms with Gasteiger partial charge in [0.2, 0.25) is 5.91 Å². The zero-order valence-electron chi connectivity index (χ0n) is 15.2. The third-order valence-corrected chi connectivity index (χ3v) is 5.77. The summed E-state index contributed by atoms with van der Waals surface area (Å²) in [5, 5.41) is 3.14. The summed E-state index contributed by atoms with van der Waals surface area (Å²) < 4.78 is 11.6. The first kappa shape index (κ1) is 20.2. The van der Waals surface area contributed by atoms with Crippen LogP contribution in [0.2, 0.25) is 0 Å². The molecule has 0 radical (unpaired) electrons. The zero-order chi connectivity index (χ0) is 17.4. The van der Waals surface area contributed by atoms with E-state index in [4.69, 9.17) is 15.2 Å². The van der Waals surface area contributed by atoms with Crippen molar-refractivity contribution >= 4 is 18.3 Å². The molecule has 1 saturated heterocycles. The predicted molar refractivity (Wildman–Crippen MR) is 99.7 cm³/mol. The molecular formula is C19H29ClN2O3. The summed E-state index contributed by atoms with van der Waals surface area (Å²) in [4.78, 5) is 12.9. The molecule has 1 saturated carbocycles. The monoisotopic (exact) mass is 368 g/mol. The van der Waals surface area contributed by atoms with Gasteiger partial charge in [0.05, 0.1) is 12.1 Å². The molecule has 25 heavy (non-hydrogen) atoms. The van der Waals surface area contributed by atoms with E-state index in [0.717, 1.165) is 12.0 Å². The molecule has 1 aromatic rings. The summed E-state index contributed by atoms with van der Waals surface area (Å²) >= 11 is 0. The molecule has 1 aliphatic carbocycles. The first-order valence-corrected chi connectivity index (χ1v) is 8.78. The molecule has 2 fully saturated rings. The lowest BCUT2D eigenvalue weighted by atomic mass is 9.54. The summed E-state index contributed by atoms with van der Waals surface area (Å²) in [5.74, 6) is -0.0973. The molecule has 0 aromatic heterocycles. The van der Waals surface area contributed by atoms with Gasteiger partial charge in [-0.15, -0.1) is 12.4 Å². The van der Waals surface area contributed by atoms with Crippen LogP contribution in [-0.4, -0.2) is 36.8 Å². The molecule has 3 rings (SSSR count). The van der Waals surface area contributed by atoms with Gasteiger partial charge in [-0.1, -0.05) is 44.2 Å². The minimum Gasteiger partial charge on any atom is -0.378 e. The van der Waals surface area contributed by atoms with E-state index in [1.54, 1.807) is 0 Å². The van der Waals surface area contributed by atoms with Crippen molar-refractivity contribution in [2.24, 2.45) is 11.1 Å². The van der Waals surface area contributed by atoms with Crippen LogP contribution in [0.15, 0.2) is 30.3 Å². The maximum Gasteiger partial charge on any atom is 0.241 e. The number of benzene rings is 1. The van der Waals surface area contributed by atoms with Gasteiger partial charge in [-0.2, -0.15) is 0 Å². The largest absolute Gasteiger partial charge is 0.378 e. The molecule has 1 heterocycles. The van der Waals surface area contributed by atoms with E-state index in [0.29, 0.717) is 19.6 Å². The second-order valence-electron chi connectivity index (χ2n) is 7.41. The average Bonchev–Trinajstić information content (AvgIpc) is 3.03. The Morgan fingerprint density at radius 1 is 1.36 bits per heavy atom. The third kappa shape index (κ3) is 3.43. The van der Waals surface area contributed by atoms with Gasteiger partial charge in [-0.25, -0.2) is 0 Å². The van der Waals surface area contributed by atoms with Gasteiger partial charge >= 0.3 is 0 Å². The molecular weight excluding hydrogens is 340 g/mol. The number of hydrogen-bond donors (Lipinski definition) is 2. The molecule has 1 amide bonds. The number of carbonyl (C=O) groups is 1. The summed E-state index contributed by atoms with van der Waals surface area (Å²) in [6, 6.07) is 9.98. The number of nitrogens with one attached hydrogen (secondary N) is 1. The Morgan fingerprint density at radius 3 is 2.64 bits per heavy atom. The lowest BCUT2D eigenvalue weighted by molar-refractivity contribution is -0.171. The van der Waals surface area contributed by atoms with Crippen molar-refractivity contribution in [1.29, 1.82) is 0 Å². The number of hydrogen-bond acceptors (Lipinski definition) is 4. The molecule has 3 N–H and O–H groups in total. The molecule has 0 bridgehead atoms. The Morgan fingerprint density at radius 2 is 2.04 bits per heavy atom. The Labute approximate surface area is 156 Å². The van der Waals surface area contributed by atoms with E-state index in [1.807, 2.05) is 51.1 Å². The molecule has 6 heteroatoms. The summed E-state index contributed by atoms with van der Waals surface area (Å²) in [6.45, 7) is 7.27. The van der Waals surface area contributed by atoms with Crippen LogP contribution in [0, 0.1) is 5.41 Å². The van der Waals surface area contributed by atoms with Crippen LogP contribution < -0.4 is 11.1 Å². The van der Waals surface area contributed by atoms with E-state index in [1.165, 1.54) is 0 Å². The SMILES string of the molecule is CCOC1CC(N)(C(=O)NC2CCOC2c2ccccc2)C1(C)C.Cl. The van der Waals surface area contributed by atoms with E-state index in [9.17, 15) is 4.79 Å². The summed E-state index contributed by atoms with van der Waals surface area (Å²) in [6.07, 6.45) is 1.28. The van der Waals surface area contributed by atoms with Crippen LogP contribution in [0.1, 0.15) is 45.3 Å². The highest BCUT2D eigenvalue weighted by Crippen LogP contribution is 2.50. The average molecular weight is 369 g/mol. The second-order valence-corrected chi connectivity index (χ2v) is 7.41. The van der Waals surface area contributed by atoms with Gasteiger partial charge in [0.1, 0.15) is 11.6 Å². The maximum atomic E-state index is 12.9. The predicted octanol–water partition coefficient (Wildman–Crippen LogP) is 2.59. The number of rotatable bonds is 5. The molecule has 0 spiro atoms. The lowest BCUT2D eigenvalue weighted by Gasteiger charge is -2.57. The van der Waals surface area contributed by atoms with Crippen LogP contribution in [0.25, 0.3) is 0 Å². The van der Waals surface area contributed by atoms with Crippen molar-refractivity contribution < 1.29 is 14.3 Å². The van der Waals surface area contributed by atoms with Crippen LogP contribution in [-0.2, 0) is 14.3 Å². The van der Waals surface area contributed by atoms with Crippen molar-refractivity contribution in [3.8, 4) is 0 Å². The fraction of sp³-hybridized carbons (Fsp3) is 0.632. The van der Waals surface area contributed by atoms with Gasteiger partial charge in [-0.05, 0) is 18.9 Å². The highest BCUT2D eigenvalue weighted by atomic mass is 35.5. The Kier molecular flexibility index (Phi) is 6.15. The van der Waals surface area contributed by atoms with Crippen molar-refractivity contribution in [2.75, 3.05) is 13.2 Å². The number of halogens is 1. The smallest absolute Gasteiger partial charge is 0.241 e. The minimum absolute atomic E-state index is 0. The molecule has 2 aliphatic rings. The second kappa shape index (κ2) is 7.62. The van der Waals surface area contributed by atoms with Gasteiger partial charge in [0.15, 0.2) is 0 Å². The molecule has 4 atom stereocenters. The molecule has 1 aromatic carbocycles. The molecule has 1 aliphatic heterocycles. The van der Waals surface area contributed by atoms with Crippen LogP contribution >= 0.6 is 12.4 Å². The first-order chi connectivity index (χ1) is 11.4. The van der Waals surface area contributed by atoms with Gasteiger partial charge in [-0.3, -0.25) is 4.79 Å². The number of ether oxygens (including phenoxy) is 2. The number of nitrogens with two attached hydrogens (primary N) is 1. The van der Waals surface area contributed by atoms with Gasteiger partial charge in [0, 0.05) is 25.0 Å². The van der Waals surface area contributed by atoms with Crippen molar-refractivity contribution in [2.45, 2.75) is 57.4 Å². The Bertz CT molecular complexity index is 596. The van der Waals surface area contributed by atoms with E-state index < -0.39 is 5.54 Å². The highest BCUT2D eigenvalue weighted by molar-refractivity contribution is 5.89. The number of carbonyl (C=O) groups excluding carboxylic acids is 1. The third-order valence-electron chi connectivity index (χ3n) is 5.77. The fourth-order valence-corrected chi connectivity index (χ4v) is 3.83. The normalized spacial score (nSPS) is 33.2. The van der Waals surface area contributed by atoms with Crippen LogP contribution in [0.4, 0.5) is 0 Å². The molecule has 4 unspecified atom stereocenters. The van der Waals surface area contributed by atoms with Crippen molar-refractivity contribution in [3.63, 3.8) is 0 Å². The Hall–Kier alpha value is -1.14. The summed E-state index contributed by atoms with van der Waals surface area (Å²) in [5.41, 5.74) is 6.29. The minimum atomic E-state index is -0.892. The number of amides is 1. The van der Waals surface area contributed by atoms with Gasteiger partial charge in [0.25, 0.3) is 0 Å². The Balaban J connectivity index is 0.00000225. The van der Waals surface area contributed by atoms with Crippen LogP contribution in [0.3, 0.4) is 0 Å².